The Bertz CT molecular complexity index is 479. The summed E-state index contributed by atoms with van der Waals surface area (Å²) in [6.45, 7) is 6.26. The van der Waals surface area contributed by atoms with Crippen LogP contribution in [0.15, 0.2) is 45.9 Å². The maximum Gasteiger partial charge on any atom is 0.113 e. The fourth-order valence-electron chi connectivity index (χ4n) is 1.77. The summed E-state index contributed by atoms with van der Waals surface area (Å²) >= 11 is 1.81. The molecule has 1 aromatic heterocycles. The van der Waals surface area contributed by atoms with Crippen LogP contribution >= 0.6 is 11.8 Å². The zero-order valence-electron chi connectivity index (χ0n) is 10.9. The van der Waals surface area contributed by atoms with E-state index < -0.39 is 0 Å². The summed E-state index contributed by atoms with van der Waals surface area (Å²) in [5.74, 6) is 1.91. The molecule has 2 rings (SSSR count). The van der Waals surface area contributed by atoms with Crippen molar-refractivity contribution in [1.82, 2.24) is 5.32 Å². The molecule has 1 heterocycles. The molecule has 0 spiro atoms. The maximum absolute atomic E-state index is 5.33. The van der Waals surface area contributed by atoms with Gasteiger partial charge in [0.25, 0.3) is 0 Å². The molecule has 0 unspecified atom stereocenters. The van der Waals surface area contributed by atoms with E-state index in [-0.39, 0.29) is 0 Å². The zero-order valence-corrected chi connectivity index (χ0v) is 11.7. The molecule has 3 heteroatoms. The molecule has 0 bridgehead atoms. The van der Waals surface area contributed by atoms with Crippen molar-refractivity contribution in [1.29, 1.82) is 0 Å². The van der Waals surface area contributed by atoms with Crippen LogP contribution in [-0.4, -0.2) is 6.54 Å². The van der Waals surface area contributed by atoms with Gasteiger partial charge in [0.1, 0.15) is 5.76 Å². The Morgan fingerprint density at radius 2 is 2.17 bits per heavy atom. The van der Waals surface area contributed by atoms with Crippen LogP contribution in [-0.2, 0) is 12.3 Å². The van der Waals surface area contributed by atoms with E-state index in [1.54, 1.807) is 6.26 Å². The number of rotatable bonds is 6. The minimum Gasteiger partial charge on any atom is -0.468 e. The predicted molar refractivity (Wildman–Crippen MR) is 76.8 cm³/mol. The van der Waals surface area contributed by atoms with Gasteiger partial charge in [-0.2, -0.15) is 0 Å². The number of hydrogen-bond donors (Lipinski definition) is 1. The molecular weight excluding hydrogens is 242 g/mol. The molecule has 0 amide bonds. The van der Waals surface area contributed by atoms with Crippen molar-refractivity contribution in [3.8, 4) is 0 Å². The van der Waals surface area contributed by atoms with Crippen molar-refractivity contribution < 1.29 is 4.42 Å². The first-order chi connectivity index (χ1) is 8.79. The maximum atomic E-state index is 5.33. The van der Waals surface area contributed by atoms with Gasteiger partial charge in [0.2, 0.25) is 0 Å². The smallest absolute Gasteiger partial charge is 0.113 e. The molecule has 0 aliphatic carbocycles. The third-order valence-electron chi connectivity index (χ3n) is 2.84. The van der Waals surface area contributed by atoms with Gasteiger partial charge in [0.15, 0.2) is 0 Å². The number of thioether (sulfide) groups is 1. The highest BCUT2D eigenvalue weighted by Crippen LogP contribution is 2.25. The second-order valence-corrected chi connectivity index (χ2v) is 5.29. The van der Waals surface area contributed by atoms with Gasteiger partial charge in [-0.05, 0) is 48.9 Å². The molecule has 0 atom stereocenters. The van der Waals surface area contributed by atoms with Crippen molar-refractivity contribution in [2.45, 2.75) is 31.0 Å². The van der Waals surface area contributed by atoms with Gasteiger partial charge >= 0.3 is 0 Å². The second kappa shape index (κ2) is 6.66. The van der Waals surface area contributed by atoms with E-state index in [4.69, 9.17) is 4.42 Å². The lowest BCUT2D eigenvalue weighted by molar-refractivity contribution is 0.530. The van der Waals surface area contributed by atoms with Crippen molar-refractivity contribution in [2.75, 3.05) is 6.54 Å². The summed E-state index contributed by atoms with van der Waals surface area (Å²) in [5.41, 5.74) is 2.72. The first-order valence-corrected chi connectivity index (χ1v) is 7.23. The number of hydrogen-bond acceptors (Lipinski definition) is 3. The number of aryl methyl sites for hydroxylation is 1. The highest BCUT2D eigenvalue weighted by atomic mass is 32.2. The second-order valence-electron chi connectivity index (χ2n) is 4.24. The SMILES string of the molecule is CCNCc1ccc(SCc2ccco2)cc1C. The van der Waals surface area contributed by atoms with Crippen LogP contribution in [0.3, 0.4) is 0 Å². The molecular formula is C15H19NOS. The number of nitrogens with one attached hydrogen (secondary N) is 1. The van der Waals surface area contributed by atoms with Crippen molar-refractivity contribution in [3.63, 3.8) is 0 Å². The molecule has 2 nitrogen and oxygen atoms in total. The topological polar surface area (TPSA) is 25.2 Å². The van der Waals surface area contributed by atoms with Gasteiger partial charge in [-0.25, -0.2) is 0 Å². The number of furan rings is 1. The van der Waals surface area contributed by atoms with Crippen LogP contribution in [0, 0.1) is 6.92 Å². The summed E-state index contributed by atoms with van der Waals surface area (Å²) in [5, 5.41) is 3.36. The first-order valence-electron chi connectivity index (χ1n) is 6.25. The first kappa shape index (κ1) is 13.2. The molecule has 1 aromatic carbocycles. The van der Waals surface area contributed by atoms with Crippen LogP contribution in [0.1, 0.15) is 23.8 Å². The zero-order chi connectivity index (χ0) is 12.8. The minimum absolute atomic E-state index is 0.888. The van der Waals surface area contributed by atoms with Gasteiger partial charge in [-0.3, -0.25) is 0 Å². The minimum atomic E-state index is 0.888. The highest BCUT2D eigenvalue weighted by Gasteiger charge is 2.02. The largest absolute Gasteiger partial charge is 0.468 e. The Balaban J connectivity index is 1.95. The molecule has 0 fully saturated rings. The molecule has 1 N–H and O–H groups in total. The summed E-state index contributed by atoms with van der Waals surface area (Å²) in [7, 11) is 0. The molecule has 2 aromatic rings. The van der Waals surface area contributed by atoms with E-state index in [0.29, 0.717) is 0 Å². The third kappa shape index (κ3) is 3.65. The van der Waals surface area contributed by atoms with E-state index in [2.05, 4.69) is 37.4 Å². The van der Waals surface area contributed by atoms with Gasteiger partial charge in [0, 0.05) is 11.4 Å². The van der Waals surface area contributed by atoms with Crippen molar-refractivity contribution >= 4 is 11.8 Å². The number of benzene rings is 1. The average molecular weight is 261 g/mol. The van der Waals surface area contributed by atoms with Crippen molar-refractivity contribution in [2.24, 2.45) is 0 Å². The normalized spacial score (nSPS) is 10.8. The van der Waals surface area contributed by atoms with Crippen LogP contribution in [0.25, 0.3) is 0 Å². The van der Waals surface area contributed by atoms with E-state index in [9.17, 15) is 0 Å². The molecule has 96 valence electrons. The molecule has 0 aliphatic rings. The van der Waals surface area contributed by atoms with Crippen LogP contribution < -0.4 is 5.32 Å². The molecule has 0 saturated heterocycles. The van der Waals surface area contributed by atoms with E-state index >= 15 is 0 Å². The third-order valence-corrected chi connectivity index (χ3v) is 3.86. The Kier molecular flexibility index (Phi) is 4.90. The Labute approximate surface area is 113 Å². The highest BCUT2D eigenvalue weighted by molar-refractivity contribution is 7.98. The molecule has 18 heavy (non-hydrogen) atoms. The van der Waals surface area contributed by atoms with Gasteiger partial charge in [-0.15, -0.1) is 11.8 Å². The summed E-state index contributed by atoms with van der Waals surface area (Å²) in [6.07, 6.45) is 1.72. The van der Waals surface area contributed by atoms with Crippen LogP contribution in [0.4, 0.5) is 0 Å². The van der Waals surface area contributed by atoms with E-state index in [0.717, 1.165) is 24.6 Å². The molecule has 0 saturated carbocycles. The monoisotopic (exact) mass is 261 g/mol. The van der Waals surface area contributed by atoms with Crippen LogP contribution in [0.5, 0.6) is 0 Å². The Hall–Kier alpha value is -1.19. The van der Waals surface area contributed by atoms with Crippen LogP contribution in [0.2, 0.25) is 0 Å². The lowest BCUT2D eigenvalue weighted by atomic mass is 10.1. The van der Waals surface area contributed by atoms with Crippen molar-refractivity contribution in [3.05, 3.63) is 53.5 Å². The predicted octanol–water partition coefficient (Wildman–Crippen LogP) is 3.99. The Morgan fingerprint density at radius 3 is 2.83 bits per heavy atom. The summed E-state index contributed by atoms with van der Waals surface area (Å²) in [4.78, 5) is 1.30. The lowest BCUT2D eigenvalue weighted by Gasteiger charge is -2.08. The van der Waals surface area contributed by atoms with E-state index in [1.165, 1.54) is 16.0 Å². The fraction of sp³-hybridized carbons (Fsp3) is 0.333. The Morgan fingerprint density at radius 1 is 1.28 bits per heavy atom. The fourth-order valence-corrected chi connectivity index (χ4v) is 2.66. The van der Waals surface area contributed by atoms with Gasteiger partial charge < -0.3 is 9.73 Å². The molecule has 0 aliphatic heterocycles. The van der Waals surface area contributed by atoms with Gasteiger partial charge in [0.05, 0.1) is 12.0 Å². The summed E-state index contributed by atoms with van der Waals surface area (Å²) in [6, 6.07) is 10.6. The van der Waals surface area contributed by atoms with E-state index in [1.807, 2.05) is 23.9 Å². The quantitative estimate of drug-likeness (QED) is 0.796. The summed E-state index contributed by atoms with van der Waals surface area (Å²) < 4.78 is 5.33. The standard InChI is InChI=1S/C15H19NOS/c1-3-16-10-13-6-7-15(9-12(13)2)18-11-14-5-4-8-17-14/h4-9,16H,3,10-11H2,1-2H3. The van der Waals surface area contributed by atoms with Gasteiger partial charge in [-0.1, -0.05) is 13.0 Å². The molecule has 0 radical (unpaired) electrons. The average Bonchev–Trinajstić information content (AvgIpc) is 2.88. The lowest BCUT2D eigenvalue weighted by Crippen LogP contribution is -2.12.